The fourth-order valence-corrected chi connectivity index (χ4v) is 4.46. The summed E-state index contributed by atoms with van der Waals surface area (Å²) in [6, 6.07) is 26.4. The van der Waals surface area contributed by atoms with Crippen LogP contribution >= 0.6 is 0 Å². The molecule has 3 aromatic carbocycles. The van der Waals surface area contributed by atoms with Crippen molar-refractivity contribution < 1.29 is 18.3 Å². The first-order valence-electron chi connectivity index (χ1n) is 12.5. The molecule has 1 fully saturated rings. The lowest BCUT2D eigenvalue weighted by molar-refractivity contribution is -0.0515. The predicted octanol–water partition coefficient (Wildman–Crippen LogP) is 6.50. The molecule has 8 heteroatoms. The molecule has 6 rings (SSSR count). The van der Waals surface area contributed by atoms with Gasteiger partial charge >= 0.3 is 6.61 Å². The van der Waals surface area contributed by atoms with E-state index in [1.807, 2.05) is 66.7 Å². The van der Waals surface area contributed by atoms with E-state index in [4.69, 9.17) is 20.3 Å². The molecular weight excluding hydrogens is 486 g/mol. The van der Waals surface area contributed by atoms with Gasteiger partial charge in [-0.25, -0.2) is 9.50 Å². The Kier molecular flexibility index (Phi) is 6.47. The molecule has 6 nitrogen and oxygen atoms in total. The molecule has 2 heterocycles. The quantitative estimate of drug-likeness (QED) is 0.244. The van der Waals surface area contributed by atoms with Gasteiger partial charge in [0.25, 0.3) is 0 Å². The topological polar surface area (TPSA) is 74.7 Å². The van der Waals surface area contributed by atoms with Gasteiger partial charge in [-0.2, -0.15) is 13.9 Å². The van der Waals surface area contributed by atoms with Crippen molar-refractivity contribution in [2.24, 2.45) is 11.7 Å². The first-order chi connectivity index (χ1) is 18.5. The van der Waals surface area contributed by atoms with Crippen LogP contribution in [0.3, 0.4) is 0 Å². The fraction of sp³-hybridized carbons (Fsp3) is 0.200. The summed E-state index contributed by atoms with van der Waals surface area (Å²) in [4.78, 5) is 4.49. The summed E-state index contributed by atoms with van der Waals surface area (Å²) < 4.78 is 38.3. The minimum atomic E-state index is -2.93. The maximum absolute atomic E-state index is 13.0. The maximum atomic E-state index is 13.0. The first kappa shape index (κ1) is 24.1. The summed E-state index contributed by atoms with van der Waals surface area (Å²) in [5.41, 5.74) is 12.4. The molecule has 1 atom stereocenters. The van der Waals surface area contributed by atoms with E-state index in [0.717, 1.165) is 46.5 Å². The standard InChI is InChI=1S/C30H26F2N4O2/c31-30(32)38-26-12-11-22(16-27(26)37-18-19-9-10-19)25-13-14-34-28-17-24(35-36(25)28)21-7-4-8-23(15-21)29(33)20-5-2-1-3-6-20/h1-8,11-17,19,29-30H,9-10,18,33H2. The van der Waals surface area contributed by atoms with E-state index in [0.29, 0.717) is 18.2 Å². The summed E-state index contributed by atoms with van der Waals surface area (Å²) in [5, 5.41) is 4.84. The van der Waals surface area contributed by atoms with Crippen molar-refractivity contribution in [1.29, 1.82) is 0 Å². The van der Waals surface area contributed by atoms with E-state index >= 15 is 0 Å². The molecule has 0 spiro atoms. The molecule has 0 aliphatic heterocycles. The van der Waals surface area contributed by atoms with Gasteiger partial charge in [-0.15, -0.1) is 0 Å². The Morgan fingerprint density at radius 1 is 0.868 bits per heavy atom. The number of fused-ring (bicyclic) bond motifs is 1. The van der Waals surface area contributed by atoms with E-state index in [2.05, 4.69) is 4.98 Å². The summed E-state index contributed by atoms with van der Waals surface area (Å²) >= 11 is 0. The number of nitrogens with two attached hydrogens (primary N) is 1. The highest BCUT2D eigenvalue weighted by Gasteiger charge is 2.23. The van der Waals surface area contributed by atoms with Crippen LogP contribution in [0.2, 0.25) is 0 Å². The lowest BCUT2D eigenvalue weighted by atomic mass is 9.97. The van der Waals surface area contributed by atoms with Gasteiger partial charge < -0.3 is 15.2 Å². The Balaban J connectivity index is 1.35. The minimum absolute atomic E-state index is 0.0161. The van der Waals surface area contributed by atoms with Crippen molar-refractivity contribution in [3.63, 3.8) is 0 Å². The van der Waals surface area contributed by atoms with Gasteiger partial charge in [-0.1, -0.05) is 48.5 Å². The van der Waals surface area contributed by atoms with E-state index < -0.39 is 6.61 Å². The average Bonchev–Trinajstić information content (AvgIpc) is 3.67. The van der Waals surface area contributed by atoms with Gasteiger partial charge in [0.05, 0.1) is 24.0 Å². The van der Waals surface area contributed by atoms with Crippen LogP contribution in [0.5, 0.6) is 11.5 Å². The highest BCUT2D eigenvalue weighted by Crippen LogP contribution is 2.37. The number of nitrogens with zero attached hydrogens (tertiary/aromatic N) is 3. The Bertz CT molecular complexity index is 1570. The van der Waals surface area contributed by atoms with Crippen LogP contribution in [0.4, 0.5) is 8.78 Å². The monoisotopic (exact) mass is 512 g/mol. The molecule has 1 unspecified atom stereocenters. The van der Waals surface area contributed by atoms with Gasteiger partial charge in [0, 0.05) is 23.4 Å². The second kappa shape index (κ2) is 10.2. The molecule has 192 valence electrons. The van der Waals surface area contributed by atoms with Gasteiger partial charge in [-0.3, -0.25) is 0 Å². The molecule has 1 aliphatic rings. The van der Waals surface area contributed by atoms with Crippen LogP contribution in [-0.4, -0.2) is 27.8 Å². The summed E-state index contributed by atoms with van der Waals surface area (Å²) in [5.74, 6) is 0.766. The molecule has 5 aromatic rings. The molecular formula is C30H26F2N4O2. The SMILES string of the molecule is NC(c1ccccc1)c1cccc(-c2cc3nccc(-c4ccc(OC(F)F)c(OCC5CC5)c4)n3n2)c1. The summed E-state index contributed by atoms with van der Waals surface area (Å²) in [7, 11) is 0. The molecule has 0 radical (unpaired) electrons. The third kappa shape index (κ3) is 5.08. The Labute approximate surface area is 218 Å². The van der Waals surface area contributed by atoms with E-state index in [9.17, 15) is 8.78 Å². The number of alkyl halides is 2. The fourth-order valence-electron chi connectivity index (χ4n) is 4.46. The smallest absolute Gasteiger partial charge is 0.387 e. The van der Waals surface area contributed by atoms with Crippen molar-refractivity contribution in [3.05, 3.63) is 102 Å². The van der Waals surface area contributed by atoms with E-state index in [1.54, 1.807) is 22.8 Å². The van der Waals surface area contributed by atoms with Gasteiger partial charge in [-0.05, 0) is 60.2 Å². The normalized spacial score (nSPS) is 14.1. The minimum Gasteiger partial charge on any atom is -0.489 e. The summed E-state index contributed by atoms with van der Waals surface area (Å²) in [6.07, 6.45) is 3.87. The lowest BCUT2D eigenvalue weighted by Crippen LogP contribution is -2.11. The Morgan fingerprint density at radius 2 is 1.68 bits per heavy atom. The van der Waals surface area contributed by atoms with Crippen molar-refractivity contribution in [2.45, 2.75) is 25.5 Å². The van der Waals surface area contributed by atoms with Crippen molar-refractivity contribution in [2.75, 3.05) is 6.61 Å². The third-order valence-corrected chi connectivity index (χ3v) is 6.69. The van der Waals surface area contributed by atoms with Crippen molar-refractivity contribution in [3.8, 4) is 34.0 Å². The molecule has 38 heavy (non-hydrogen) atoms. The van der Waals surface area contributed by atoms with Crippen LogP contribution in [-0.2, 0) is 0 Å². The highest BCUT2D eigenvalue weighted by molar-refractivity contribution is 5.70. The van der Waals surface area contributed by atoms with E-state index in [1.165, 1.54) is 6.07 Å². The number of rotatable bonds is 9. The lowest BCUT2D eigenvalue weighted by Gasteiger charge is -2.14. The van der Waals surface area contributed by atoms with Gasteiger partial charge in [0.1, 0.15) is 0 Å². The average molecular weight is 513 g/mol. The second-order valence-corrected chi connectivity index (χ2v) is 9.44. The van der Waals surface area contributed by atoms with Crippen LogP contribution in [0.15, 0.2) is 91.1 Å². The number of benzene rings is 3. The number of halogens is 2. The van der Waals surface area contributed by atoms with Gasteiger partial charge in [0.15, 0.2) is 17.1 Å². The number of ether oxygens (including phenoxy) is 2. The number of aromatic nitrogens is 3. The zero-order valence-corrected chi connectivity index (χ0v) is 20.5. The molecule has 0 amide bonds. The number of hydrogen-bond donors (Lipinski definition) is 1. The maximum Gasteiger partial charge on any atom is 0.387 e. The Morgan fingerprint density at radius 3 is 2.47 bits per heavy atom. The highest BCUT2D eigenvalue weighted by atomic mass is 19.3. The van der Waals surface area contributed by atoms with Crippen molar-refractivity contribution in [1.82, 2.24) is 14.6 Å². The van der Waals surface area contributed by atoms with E-state index in [-0.39, 0.29) is 17.5 Å². The molecule has 0 saturated heterocycles. The zero-order chi connectivity index (χ0) is 26.1. The molecule has 2 aromatic heterocycles. The van der Waals surface area contributed by atoms with Crippen LogP contribution in [0, 0.1) is 5.92 Å². The Hall–Kier alpha value is -4.30. The summed E-state index contributed by atoms with van der Waals surface area (Å²) in [6.45, 7) is -2.46. The molecule has 1 saturated carbocycles. The van der Waals surface area contributed by atoms with Crippen LogP contribution in [0.25, 0.3) is 28.2 Å². The van der Waals surface area contributed by atoms with Gasteiger partial charge in [0.2, 0.25) is 0 Å². The predicted molar refractivity (Wildman–Crippen MR) is 141 cm³/mol. The third-order valence-electron chi connectivity index (χ3n) is 6.69. The zero-order valence-electron chi connectivity index (χ0n) is 20.5. The second-order valence-electron chi connectivity index (χ2n) is 9.44. The van der Waals surface area contributed by atoms with Crippen molar-refractivity contribution >= 4 is 5.65 Å². The van der Waals surface area contributed by atoms with Crippen LogP contribution < -0.4 is 15.2 Å². The largest absolute Gasteiger partial charge is 0.489 e. The molecule has 2 N–H and O–H groups in total. The first-order valence-corrected chi connectivity index (χ1v) is 12.5. The number of hydrogen-bond acceptors (Lipinski definition) is 5. The molecule has 0 bridgehead atoms. The molecule has 1 aliphatic carbocycles. The van der Waals surface area contributed by atoms with Crippen LogP contribution in [0.1, 0.15) is 30.0 Å².